The Labute approximate surface area is 93.5 Å². The molecule has 16 heavy (non-hydrogen) atoms. The number of pyridine rings is 1. The largest absolute Gasteiger partial charge is 0.480 e. The van der Waals surface area contributed by atoms with Crippen molar-refractivity contribution in [2.24, 2.45) is 0 Å². The van der Waals surface area contributed by atoms with E-state index in [1.54, 1.807) is 12.3 Å². The lowest BCUT2D eigenvalue weighted by Crippen LogP contribution is -2.30. The van der Waals surface area contributed by atoms with Gasteiger partial charge in [-0.3, -0.25) is 4.79 Å². The normalized spacial score (nSPS) is 24.3. The van der Waals surface area contributed by atoms with E-state index in [1.165, 1.54) is 0 Å². The summed E-state index contributed by atoms with van der Waals surface area (Å²) < 4.78 is 5.57. The van der Waals surface area contributed by atoms with E-state index in [-0.39, 0.29) is 6.10 Å². The zero-order valence-corrected chi connectivity index (χ0v) is 9.01. The highest BCUT2D eigenvalue weighted by atomic mass is 16.5. The first-order chi connectivity index (χ1) is 7.65. The molecular weight excluding hydrogens is 208 g/mol. The molecule has 0 aliphatic carbocycles. The Balaban J connectivity index is 1.92. The van der Waals surface area contributed by atoms with Gasteiger partial charge in [0.05, 0.1) is 0 Å². The van der Waals surface area contributed by atoms with Crippen LogP contribution in [0.5, 0.6) is 5.88 Å². The number of ether oxygens (including phenoxy) is 1. The number of hydrogen-bond donors (Lipinski definition) is 2. The number of carboxylic acids is 1. The molecule has 1 aliphatic heterocycles. The minimum atomic E-state index is -0.831. The zero-order chi connectivity index (χ0) is 11.5. The van der Waals surface area contributed by atoms with E-state index in [9.17, 15) is 4.79 Å². The van der Waals surface area contributed by atoms with E-state index in [2.05, 4.69) is 10.3 Å². The van der Waals surface area contributed by atoms with Gasteiger partial charge in [-0.1, -0.05) is 6.07 Å². The van der Waals surface area contributed by atoms with Crippen LogP contribution in [0.3, 0.4) is 0 Å². The van der Waals surface area contributed by atoms with Crippen molar-refractivity contribution in [2.75, 3.05) is 6.54 Å². The fourth-order valence-corrected chi connectivity index (χ4v) is 1.68. The lowest BCUT2D eigenvalue weighted by atomic mass is 10.2. The van der Waals surface area contributed by atoms with Crippen LogP contribution >= 0.6 is 0 Å². The molecule has 5 nitrogen and oxygen atoms in total. The van der Waals surface area contributed by atoms with Gasteiger partial charge in [-0.15, -0.1) is 0 Å². The van der Waals surface area contributed by atoms with E-state index in [4.69, 9.17) is 9.84 Å². The molecular formula is C11H14N2O3. The van der Waals surface area contributed by atoms with Gasteiger partial charge in [-0.25, -0.2) is 4.98 Å². The minimum Gasteiger partial charge on any atom is -0.480 e. The SMILES string of the molecule is Cc1ccc(OC2CNC(C(=O)O)C2)nc1. The van der Waals surface area contributed by atoms with E-state index in [1.807, 2.05) is 13.0 Å². The first-order valence-corrected chi connectivity index (χ1v) is 5.20. The number of aliphatic carboxylic acids is 1. The molecule has 2 unspecified atom stereocenters. The molecule has 0 aromatic carbocycles. The van der Waals surface area contributed by atoms with Gasteiger partial charge < -0.3 is 15.2 Å². The summed E-state index contributed by atoms with van der Waals surface area (Å²) in [6.45, 7) is 2.50. The molecule has 1 aliphatic rings. The molecule has 0 saturated carbocycles. The van der Waals surface area contributed by atoms with E-state index in [0.29, 0.717) is 18.8 Å². The van der Waals surface area contributed by atoms with E-state index in [0.717, 1.165) is 5.56 Å². The summed E-state index contributed by atoms with van der Waals surface area (Å²) >= 11 is 0. The molecule has 1 saturated heterocycles. The van der Waals surface area contributed by atoms with Crippen molar-refractivity contribution in [3.05, 3.63) is 23.9 Å². The minimum absolute atomic E-state index is 0.115. The van der Waals surface area contributed by atoms with Crippen molar-refractivity contribution in [1.82, 2.24) is 10.3 Å². The third kappa shape index (κ3) is 2.49. The second-order valence-electron chi connectivity index (χ2n) is 3.95. The van der Waals surface area contributed by atoms with Crippen molar-refractivity contribution < 1.29 is 14.6 Å². The molecule has 1 aromatic heterocycles. The molecule has 1 aromatic rings. The average molecular weight is 222 g/mol. The summed E-state index contributed by atoms with van der Waals surface area (Å²) in [7, 11) is 0. The maximum Gasteiger partial charge on any atom is 0.320 e. The fourth-order valence-electron chi connectivity index (χ4n) is 1.68. The number of hydrogen-bond acceptors (Lipinski definition) is 4. The summed E-state index contributed by atoms with van der Waals surface area (Å²) in [6, 6.07) is 3.21. The van der Waals surface area contributed by atoms with Crippen LogP contribution in [0.2, 0.25) is 0 Å². The molecule has 86 valence electrons. The van der Waals surface area contributed by atoms with Crippen LogP contribution in [0, 0.1) is 6.92 Å². The Kier molecular flexibility index (Phi) is 3.05. The van der Waals surface area contributed by atoms with Crippen molar-refractivity contribution in [1.29, 1.82) is 0 Å². The Morgan fingerprint density at radius 2 is 2.44 bits per heavy atom. The number of aromatic nitrogens is 1. The summed E-state index contributed by atoms with van der Waals surface area (Å²) in [4.78, 5) is 14.8. The van der Waals surface area contributed by atoms with Gasteiger partial charge in [0.1, 0.15) is 12.1 Å². The average Bonchev–Trinajstić information content (AvgIpc) is 2.70. The predicted octanol–water partition coefficient (Wildman–Crippen LogP) is 0.584. The first kappa shape index (κ1) is 10.9. The topological polar surface area (TPSA) is 71.5 Å². The van der Waals surface area contributed by atoms with Crippen LogP contribution in [0.25, 0.3) is 0 Å². The van der Waals surface area contributed by atoms with Crippen LogP contribution < -0.4 is 10.1 Å². The molecule has 0 spiro atoms. The molecule has 2 atom stereocenters. The third-order valence-electron chi connectivity index (χ3n) is 2.56. The van der Waals surface area contributed by atoms with Gasteiger partial charge >= 0.3 is 5.97 Å². The highest BCUT2D eigenvalue weighted by Crippen LogP contribution is 2.15. The predicted molar refractivity (Wildman–Crippen MR) is 57.4 cm³/mol. The highest BCUT2D eigenvalue weighted by molar-refractivity contribution is 5.73. The number of carboxylic acid groups (broad SMARTS) is 1. The van der Waals surface area contributed by atoms with Gasteiger partial charge in [-0.05, 0) is 12.5 Å². The van der Waals surface area contributed by atoms with Crippen molar-refractivity contribution >= 4 is 5.97 Å². The summed E-state index contributed by atoms with van der Waals surface area (Å²) in [5, 5.41) is 11.7. The van der Waals surface area contributed by atoms with E-state index < -0.39 is 12.0 Å². The van der Waals surface area contributed by atoms with Crippen molar-refractivity contribution in [3.8, 4) is 5.88 Å². The molecule has 1 fully saturated rings. The molecule has 5 heteroatoms. The van der Waals surface area contributed by atoms with Crippen LogP contribution in [-0.4, -0.2) is 34.8 Å². The van der Waals surface area contributed by atoms with Crippen LogP contribution in [0.1, 0.15) is 12.0 Å². The summed E-state index contributed by atoms with van der Waals surface area (Å²) in [5.74, 6) is -0.286. The molecule has 0 radical (unpaired) electrons. The standard InChI is InChI=1S/C11H14N2O3/c1-7-2-3-10(13-5-7)16-8-4-9(11(14)15)12-6-8/h2-3,5,8-9,12H,4,6H2,1H3,(H,14,15). The summed E-state index contributed by atoms with van der Waals surface area (Å²) in [5.41, 5.74) is 1.07. The van der Waals surface area contributed by atoms with Crippen LogP contribution in [-0.2, 0) is 4.79 Å². The van der Waals surface area contributed by atoms with Gasteiger partial charge in [-0.2, -0.15) is 0 Å². The molecule has 0 bridgehead atoms. The highest BCUT2D eigenvalue weighted by Gasteiger charge is 2.30. The van der Waals surface area contributed by atoms with Crippen LogP contribution in [0.15, 0.2) is 18.3 Å². The maximum atomic E-state index is 10.7. The lowest BCUT2D eigenvalue weighted by molar-refractivity contribution is -0.139. The van der Waals surface area contributed by atoms with Crippen molar-refractivity contribution in [3.63, 3.8) is 0 Å². The monoisotopic (exact) mass is 222 g/mol. The summed E-state index contributed by atoms with van der Waals surface area (Å²) in [6.07, 6.45) is 2.09. The molecule has 0 amide bonds. The number of rotatable bonds is 3. The van der Waals surface area contributed by atoms with Gasteiger partial charge in [0.25, 0.3) is 0 Å². The Bertz CT molecular complexity index is 377. The second-order valence-corrected chi connectivity index (χ2v) is 3.95. The first-order valence-electron chi connectivity index (χ1n) is 5.20. The van der Waals surface area contributed by atoms with Gasteiger partial charge in [0.2, 0.25) is 5.88 Å². The number of aryl methyl sites for hydroxylation is 1. The maximum absolute atomic E-state index is 10.7. The quantitative estimate of drug-likeness (QED) is 0.783. The Hall–Kier alpha value is -1.62. The third-order valence-corrected chi connectivity index (χ3v) is 2.56. The van der Waals surface area contributed by atoms with Gasteiger partial charge in [0, 0.05) is 25.2 Å². The number of nitrogens with one attached hydrogen (secondary N) is 1. The smallest absolute Gasteiger partial charge is 0.320 e. The molecule has 2 heterocycles. The van der Waals surface area contributed by atoms with Crippen LogP contribution in [0.4, 0.5) is 0 Å². The fraction of sp³-hybridized carbons (Fsp3) is 0.455. The second kappa shape index (κ2) is 4.49. The van der Waals surface area contributed by atoms with E-state index >= 15 is 0 Å². The van der Waals surface area contributed by atoms with Gasteiger partial charge in [0.15, 0.2) is 0 Å². The Morgan fingerprint density at radius 3 is 3.00 bits per heavy atom. The molecule has 2 N–H and O–H groups in total. The van der Waals surface area contributed by atoms with Crippen molar-refractivity contribution in [2.45, 2.75) is 25.5 Å². The zero-order valence-electron chi connectivity index (χ0n) is 9.01. The molecule has 2 rings (SSSR count). The number of nitrogens with zero attached hydrogens (tertiary/aromatic N) is 1. The number of carbonyl (C=O) groups is 1. The lowest BCUT2D eigenvalue weighted by Gasteiger charge is -2.11. The Morgan fingerprint density at radius 1 is 1.62 bits per heavy atom.